The maximum Gasteiger partial charge on any atom is 0.341 e. The second-order valence-corrected chi connectivity index (χ2v) is 8.64. The maximum atomic E-state index is 12.9. The van der Waals surface area contributed by atoms with Gasteiger partial charge in [-0.15, -0.1) is 11.3 Å². The van der Waals surface area contributed by atoms with Gasteiger partial charge in [-0.2, -0.15) is 0 Å². The van der Waals surface area contributed by atoms with E-state index in [0.29, 0.717) is 5.56 Å². The minimum atomic E-state index is -0.625. The van der Waals surface area contributed by atoms with Gasteiger partial charge in [0.1, 0.15) is 5.00 Å². The molecule has 8 heteroatoms. The molecule has 0 unspecified atom stereocenters. The van der Waals surface area contributed by atoms with Crippen LogP contribution in [0.25, 0.3) is 5.00 Å². The second kappa shape index (κ2) is 8.82. The summed E-state index contributed by atoms with van der Waals surface area (Å²) in [6.45, 7) is -0.480. The third-order valence-electron chi connectivity index (χ3n) is 5.47. The number of esters is 1. The summed E-state index contributed by atoms with van der Waals surface area (Å²) in [5.74, 6) is -1.14. The number of imide groups is 1. The first-order valence-corrected chi connectivity index (χ1v) is 11.0. The van der Waals surface area contributed by atoms with E-state index in [1.54, 1.807) is 11.3 Å². The number of aromatic nitrogens is 1. The molecule has 0 saturated heterocycles. The van der Waals surface area contributed by atoms with E-state index >= 15 is 0 Å². The van der Waals surface area contributed by atoms with E-state index in [1.807, 2.05) is 29.1 Å². The van der Waals surface area contributed by atoms with E-state index in [4.69, 9.17) is 4.74 Å². The molecule has 0 atom stereocenters. The van der Waals surface area contributed by atoms with Crippen LogP contribution in [0.3, 0.4) is 0 Å². The van der Waals surface area contributed by atoms with Crippen LogP contribution in [0.4, 0.5) is 4.79 Å². The van der Waals surface area contributed by atoms with Crippen molar-refractivity contribution < 1.29 is 19.1 Å². The van der Waals surface area contributed by atoms with Crippen LogP contribution in [0.15, 0.2) is 24.5 Å². The first-order valence-electron chi connectivity index (χ1n) is 10.2. The number of rotatable bonds is 5. The quantitative estimate of drug-likeness (QED) is 0.733. The standard InChI is InChI=1S/C21H25N3O4S/c25-17(23-21(27)22-14-7-1-2-8-14)13-28-20(26)18-15-9-3-4-10-16(15)29-19(18)24-11-5-6-12-24/h5-6,11-12,14H,1-4,7-10,13H2,(H2,22,23,25,27). The molecule has 0 aliphatic heterocycles. The average Bonchev–Trinajstić information content (AvgIpc) is 3.45. The van der Waals surface area contributed by atoms with Gasteiger partial charge in [0.05, 0.1) is 5.56 Å². The molecule has 1 fully saturated rings. The number of nitrogens with zero attached hydrogens (tertiary/aromatic N) is 1. The molecule has 2 N–H and O–H groups in total. The number of hydrogen-bond donors (Lipinski definition) is 2. The van der Waals surface area contributed by atoms with E-state index in [1.165, 1.54) is 4.88 Å². The molecule has 2 aliphatic rings. The number of thiophene rings is 1. The van der Waals surface area contributed by atoms with Gasteiger partial charge in [-0.1, -0.05) is 12.8 Å². The fourth-order valence-electron chi connectivity index (χ4n) is 4.07. The number of amides is 3. The highest BCUT2D eigenvalue weighted by Crippen LogP contribution is 2.37. The van der Waals surface area contributed by atoms with Crippen molar-refractivity contribution in [3.05, 3.63) is 40.5 Å². The van der Waals surface area contributed by atoms with Gasteiger partial charge >= 0.3 is 12.0 Å². The fourth-order valence-corrected chi connectivity index (χ4v) is 5.41. The molecule has 3 amide bonds. The lowest BCUT2D eigenvalue weighted by atomic mass is 9.95. The molecule has 2 aromatic heterocycles. The van der Waals surface area contributed by atoms with Crippen molar-refractivity contribution in [1.82, 2.24) is 15.2 Å². The summed E-state index contributed by atoms with van der Waals surface area (Å²) in [5, 5.41) is 5.85. The Morgan fingerprint density at radius 2 is 1.79 bits per heavy atom. The minimum Gasteiger partial charge on any atom is -0.452 e. The molecule has 154 valence electrons. The summed E-state index contributed by atoms with van der Waals surface area (Å²) in [7, 11) is 0. The van der Waals surface area contributed by atoms with Crippen molar-refractivity contribution in [3.8, 4) is 5.00 Å². The van der Waals surface area contributed by atoms with Crippen LogP contribution in [-0.2, 0) is 22.4 Å². The van der Waals surface area contributed by atoms with Gasteiger partial charge in [0.15, 0.2) is 6.61 Å². The number of carbonyl (C=O) groups is 3. The fraction of sp³-hybridized carbons (Fsp3) is 0.476. The van der Waals surface area contributed by atoms with E-state index in [0.717, 1.165) is 61.9 Å². The van der Waals surface area contributed by atoms with Gasteiger partial charge in [0, 0.05) is 23.3 Å². The predicted octanol–water partition coefficient (Wildman–Crippen LogP) is 3.34. The summed E-state index contributed by atoms with van der Waals surface area (Å²) in [5.41, 5.74) is 1.58. The number of hydrogen-bond acceptors (Lipinski definition) is 5. The topological polar surface area (TPSA) is 89.4 Å². The minimum absolute atomic E-state index is 0.117. The van der Waals surface area contributed by atoms with Crippen molar-refractivity contribution >= 4 is 29.2 Å². The highest BCUT2D eigenvalue weighted by molar-refractivity contribution is 7.15. The molecule has 4 rings (SSSR count). The SMILES string of the molecule is O=C(COC(=O)c1c(-n2cccc2)sc2c1CCCC2)NC(=O)NC1CCCC1. The Kier molecular flexibility index (Phi) is 5.99. The highest BCUT2D eigenvalue weighted by atomic mass is 32.1. The first kappa shape index (κ1) is 19.7. The Labute approximate surface area is 173 Å². The molecule has 2 aromatic rings. The average molecular weight is 416 g/mol. The van der Waals surface area contributed by atoms with E-state index in [-0.39, 0.29) is 6.04 Å². The van der Waals surface area contributed by atoms with E-state index < -0.39 is 24.5 Å². The lowest BCUT2D eigenvalue weighted by molar-refractivity contribution is -0.123. The Morgan fingerprint density at radius 3 is 2.55 bits per heavy atom. The van der Waals surface area contributed by atoms with Gasteiger partial charge < -0.3 is 14.6 Å². The Morgan fingerprint density at radius 1 is 1.07 bits per heavy atom. The third-order valence-corrected chi connectivity index (χ3v) is 6.78. The highest BCUT2D eigenvalue weighted by Gasteiger charge is 2.28. The molecule has 0 radical (unpaired) electrons. The summed E-state index contributed by atoms with van der Waals surface area (Å²) in [4.78, 5) is 38.0. The Balaban J connectivity index is 1.40. The van der Waals surface area contributed by atoms with Crippen molar-refractivity contribution in [3.63, 3.8) is 0 Å². The zero-order valence-electron chi connectivity index (χ0n) is 16.2. The predicted molar refractivity (Wildman–Crippen MR) is 110 cm³/mol. The summed E-state index contributed by atoms with van der Waals surface area (Å²) >= 11 is 1.61. The molecular formula is C21H25N3O4S. The summed E-state index contributed by atoms with van der Waals surface area (Å²) < 4.78 is 7.20. The number of carbonyl (C=O) groups excluding carboxylic acids is 3. The lowest BCUT2D eigenvalue weighted by Gasteiger charge is -2.14. The van der Waals surface area contributed by atoms with Gasteiger partial charge in [-0.3, -0.25) is 10.1 Å². The van der Waals surface area contributed by atoms with E-state index in [2.05, 4.69) is 10.6 Å². The summed E-state index contributed by atoms with van der Waals surface area (Å²) in [6, 6.07) is 3.40. The number of nitrogens with one attached hydrogen (secondary N) is 2. The molecular weight excluding hydrogens is 390 g/mol. The lowest BCUT2D eigenvalue weighted by Crippen LogP contribution is -2.45. The van der Waals surface area contributed by atoms with Crippen molar-refractivity contribution in [1.29, 1.82) is 0 Å². The Hall–Kier alpha value is -2.61. The first-order chi connectivity index (χ1) is 14.1. The number of fused-ring (bicyclic) bond motifs is 1. The van der Waals surface area contributed by atoms with E-state index in [9.17, 15) is 14.4 Å². The van der Waals surface area contributed by atoms with Crippen LogP contribution in [-0.4, -0.2) is 35.1 Å². The smallest absolute Gasteiger partial charge is 0.341 e. The van der Waals surface area contributed by atoms with Crippen molar-refractivity contribution in [2.75, 3.05) is 6.61 Å². The van der Waals surface area contributed by atoms with Crippen LogP contribution >= 0.6 is 11.3 Å². The molecule has 7 nitrogen and oxygen atoms in total. The van der Waals surface area contributed by atoms with Crippen molar-refractivity contribution in [2.24, 2.45) is 0 Å². The molecule has 0 aromatic carbocycles. The van der Waals surface area contributed by atoms with Gasteiger partial charge in [-0.05, 0) is 56.2 Å². The monoisotopic (exact) mass is 415 g/mol. The maximum absolute atomic E-state index is 12.9. The Bertz CT molecular complexity index is 897. The molecule has 2 heterocycles. The molecule has 0 spiro atoms. The van der Waals surface area contributed by atoms with Crippen LogP contribution in [0.1, 0.15) is 59.3 Å². The summed E-state index contributed by atoms with van der Waals surface area (Å²) in [6.07, 6.45) is 11.8. The zero-order chi connectivity index (χ0) is 20.2. The molecule has 1 saturated carbocycles. The number of ether oxygens (including phenoxy) is 1. The number of aryl methyl sites for hydroxylation is 1. The van der Waals surface area contributed by atoms with Gasteiger partial charge in [0.25, 0.3) is 5.91 Å². The van der Waals surface area contributed by atoms with Crippen LogP contribution < -0.4 is 10.6 Å². The normalized spacial score (nSPS) is 16.3. The van der Waals surface area contributed by atoms with Gasteiger partial charge in [-0.25, -0.2) is 9.59 Å². The second-order valence-electron chi connectivity index (χ2n) is 7.56. The van der Waals surface area contributed by atoms with Crippen molar-refractivity contribution in [2.45, 2.75) is 57.4 Å². The van der Waals surface area contributed by atoms with Crippen LogP contribution in [0.5, 0.6) is 0 Å². The van der Waals surface area contributed by atoms with Gasteiger partial charge in [0.2, 0.25) is 0 Å². The molecule has 2 aliphatic carbocycles. The number of urea groups is 1. The molecule has 29 heavy (non-hydrogen) atoms. The largest absolute Gasteiger partial charge is 0.452 e. The van der Waals surface area contributed by atoms with Crippen LogP contribution in [0.2, 0.25) is 0 Å². The zero-order valence-corrected chi connectivity index (χ0v) is 17.1. The third kappa shape index (κ3) is 4.53. The molecule has 0 bridgehead atoms. The van der Waals surface area contributed by atoms with Crippen LogP contribution in [0, 0.1) is 0 Å².